The van der Waals surface area contributed by atoms with Gasteiger partial charge in [-0.3, -0.25) is 4.79 Å². The van der Waals surface area contributed by atoms with Gasteiger partial charge in [0, 0.05) is 17.8 Å². The van der Waals surface area contributed by atoms with Gasteiger partial charge in [0.2, 0.25) is 5.91 Å². The van der Waals surface area contributed by atoms with Gasteiger partial charge in [0.1, 0.15) is 0 Å². The fourth-order valence-corrected chi connectivity index (χ4v) is 3.19. The minimum absolute atomic E-state index is 0. The average Bonchev–Trinajstić information content (AvgIpc) is 2.51. The average molecular weight is 331 g/mol. The molecule has 122 valence electrons. The Morgan fingerprint density at radius 3 is 2.74 bits per heavy atom. The van der Waals surface area contributed by atoms with Gasteiger partial charge >= 0.3 is 0 Å². The maximum Gasteiger partial charge on any atom is 0.224 e. The summed E-state index contributed by atoms with van der Waals surface area (Å²) in [7, 11) is 0. The lowest BCUT2D eigenvalue weighted by molar-refractivity contribution is -0.117. The van der Waals surface area contributed by atoms with E-state index in [0.717, 1.165) is 30.5 Å². The number of amides is 1. The van der Waals surface area contributed by atoms with Crippen LogP contribution in [-0.4, -0.2) is 5.91 Å². The molecule has 3 nitrogen and oxygen atoms in total. The summed E-state index contributed by atoms with van der Waals surface area (Å²) in [4.78, 5) is 12.3. The number of nitrogens with two attached hydrogens (primary N) is 1. The third-order valence-electron chi connectivity index (χ3n) is 4.46. The van der Waals surface area contributed by atoms with Crippen molar-refractivity contribution < 1.29 is 4.79 Å². The van der Waals surface area contributed by atoms with E-state index in [9.17, 15) is 4.79 Å². The highest BCUT2D eigenvalue weighted by molar-refractivity contribution is 5.92. The molecule has 1 atom stereocenters. The van der Waals surface area contributed by atoms with Gasteiger partial charge in [0.15, 0.2) is 0 Å². The summed E-state index contributed by atoms with van der Waals surface area (Å²) < 4.78 is 0. The SMILES string of the molecule is Cc1ccc(N)cc1NC(=O)CC1CCc2ccccc2C1.Cl. The quantitative estimate of drug-likeness (QED) is 0.831. The van der Waals surface area contributed by atoms with E-state index in [-0.39, 0.29) is 18.3 Å². The maximum absolute atomic E-state index is 12.3. The minimum atomic E-state index is 0. The largest absolute Gasteiger partial charge is 0.399 e. The van der Waals surface area contributed by atoms with Crippen LogP contribution in [0.5, 0.6) is 0 Å². The molecule has 3 rings (SSSR count). The molecule has 0 bridgehead atoms. The van der Waals surface area contributed by atoms with Crippen LogP contribution in [0.2, 0.25) is 0 Å². The van der Waals surface area contributed by atoms with E-state index in [1.165, 1.54) is 11.1 Å². The molecule has 0 saturated carbocycles. The Hall–Kier alpha value is -2.00. The summed E-state index contributed by atoms with van der Waals surface area (Å²) in [6.07, 6.45) is 3.73. The van der Waals surface area contributed by atoms with E-state index >= 15 is 0 Å². The summed E-state index contributed by atoms with van der Waals surface area (Å²) in [5, 5.41) is 3.00. The molecule has 0 radical (unpaired) electrons. The Morgan fingerprint density at radius 1 is 1.22 bits per heavy atom. The van der Waals surface area contributed by atoms with Gasteiger partial charge in [-0.25, -0.2) is 0 Å². The summed E-state index contributed by atoms with van der Waals surface area (Å²) in [6.45, 7) is 1.98. The molecule has 0 heterocycles. The number of rotatable bonds is 3. The number of hydrogen-bond donors (Lipinski definition) is 2. The molecule has 23 heavy (non-hydrogen) atoms. The summed E-state index contributed by atoms with van der Waals surface area (Å²) in [5.41, 5.74) is 11.2. The van der Waals surface area contributed by atoms with Crippen molar-refractivity contribution in [2.75, 3.05) is 11.1 Å². The van der Waals surface area contributed by atoms with Crippen LogP contribution < -0.4 is 11.1 Å². The second-order valence-corrected chi connectivity index (χ2v) is 6.20. The highest BCUT2D eigenvalue weighted by Gasteiger charge is 2.21. The van der Waals surface area contributed by atoms with Crippen molar-refractivity contribution in [3.05, 3.63) is 59.2 Å². The zero-order valence-corrected chi connectivity index (χ0v) is 14.2. The third kappa shape index (κ3) is 4.26. The van der Waals surface area contributed by atoms with Crippen molar-refractivity contribution in [3.8, 4) is 0 Å². The van der Waals surface area contributed by atoms with Crippen molar-refractivity contribution in [1.82, 2.24) is 0 Å². The Morgan fingerprint density at radius 2 is 1.96 bits per heavy atom. The highest BCUT2D eigenvalue weighted by atomic mass is 35.5. The summed E-state index contributed by atoms with van der Waals surface area (Å²) in [6, 6.07) is 14.2. The number of carbonyl (C=O) groups is 1. The number of halogens is 1. The molecule has 2 aromatic carbocycles. The first kappa shape index (κ1) is 17.4. The molecule has 3 N–H and O–H groups in total. The number of nitrogens with one attached hydrogen (secondary N) is 1. The van der Waals surface area contributed by atoms with E-state index in [1.807, 2.05) is 25.1 Å². The first-order valence-electron chi connectivity index (χ1n) is 7.84. The lowest BCUT2D eigenvalue weighted by Crippen LogP contribution is -2.22. The van der Waals surface area contributed by atoms with Crippen molar-refractivity contribution in [3.63, 3.8) is 0 Å². The lowest BCUT2D eigenvalue weighted by atomic mass is 9.82. The highest BCUT2D eigenvalue weighted by Crippen LogP contribution is 2.28. The number of fused-ring (bicyclic) bond motifs is 1. The van der Waals surface area contributed by atoms with Crippen LogP contribution in [0.1, 0.15) is 29.5 Å². The lowest BCUT2D eigenvalue weighted by Gasteiger charge is -2.24. The molecule has 2 aromatic rings. The van der Waals surface area contributed by atoms with Gasteiger partial charge in [0.25, 0.3) is 0 Å². The molecule has 1 aliphatic rings. The second kappa shape index (κ2) is 7.51. The monoisotopic (exact) mass is 330 g/mol. The van der Waals surface area contributed by atoms with E-state index in [4.69, 9.17) is 5.73 Å². The third-order valence-corrected chi connectivity index (χ3v) is 4.46. The molecule has 4 heteroatoms. The predicted molar refractivity (Wildman–Crippen MR) is 98.0 cm³/mol. The molecule has 0 saturated heterocycles. The predicted octanol–water partition coefficient (Wildman–Crippen LogP) is 4.13. The number of nitrogen functional groups attached to an aromatic ring is 1. The Bertz CT molecular complexity index is 700. The molecule has 1 amide bonds. The fraction of sp³-hybridized carbons (Fsp3) is 0.316. The first-order valence-corrected chi connectivity index (χ1v) is 7.84. The summed E-state index contributed by atoms with van der Waals surface area (Å²) in [5.74, 6) is 0.509. The first-order chi connectivity index (χ1) is 10.6. The molecule has 0 aromatic heterocycles. The van der Waals surface area contributed by atoms with Crippen LogP contribution >= 0.6 is 12.4 Å². The molecule has 1 unspecified atom stereocenters. The van der Waals surface area contributed by atoms with Gasteiger partial charge in [0.05, 0.1) is 0 Å². The van der Waals surface area contributed by atoms with Gasteiger partial charge in [-0.2, -0.15) is 0 Å². The number of carbonyl (C=O) groups excluding carboxylic acids is 1. The zero-order chi connectivity index (χ0) is 15.5. The van der Waals surface area contributed by atoms with Gasteiger partial charge in [-0.15, -0.1) is 12.4 Å². The van der Waals surface area contributed by atoms with Gasteiger partial charge in [-0.1, -0.05) is 30.3 Å². The van der Waals surface area contributed by atoms with Crippen LogP contribution in [0.3, 0.4) is 0 Å². The van der Waals surface area contributed by atoms with Gasteiger partial charge in [-0.05, 0) is 60.9 Å². The van der Waals surface area contributed by atoms with Crippen LogP contribution in [0, 0.1) is 12.8 Å². The topological polar surface area (TPSA) is 55.1 Å². The van der Waals surface area contributed by atoms with Crippen LogP contribution in [0.15, 0.2) is 42.5 Å². The smallest absolute Gasteiger partial charge is 0.224 e. The van der Waals surface area contributed by atoms with E-state index in [2.05, 4.69) is 29.6 Å². The standard InChI is InChI=1S/C19H22N2O.ClH/c1-13-6-9-17(20)12-18(13)21-19(22)11-14-7-8-15-4-2-3-5-16(15)10-14;/h2-6,9,12,14H,7-8,10-11,20H2,1H3,(H,21,22);1H. The molecule has 0 spiro atoms. The second-order valence-electron chi connectivity index (χ2n) is 6.20. The fourth-order valence-electron chi connectivity index (χ4n) is 3.19. The van der Waals surface area contributed by atoms with Crippen molar-refractivity contribution in [2.24, 2.45) is 5.92 Å². The molecular weight excluding hydrogens is 308 g/mol. The number of anilines is 2. The van der Waals surface area contributed by atoms with E-state index < -0.39 is 0 Å². The van der Waals surface area contributed by atoms with Crippen molar-refractivity contribution in [2.45, 2.75) is 32.6 Å². The van der Waals surface area contributed by atoms with Crippen LogP contribution in [0.25, 0.3) is 0 Å². The van der Waals surface area contributed by atoms with Crippen LogP contribution in [0.4, 0.5) is 11.4 Å². The van der Waals surface area contributed by atoms with Crippen molar-refractivity contribution >= 4 is 29.7 Å². The Balaban J connectivity index is 0.00000192. The number of hydrogen-bond acceptors (Lipinski definition) is 2. The van der Waals surface area contributed by atoms with Gasteiger partial charge < -0.3 is 11.1 Å². The number of benzene rings is 2. The van der Waals surface area contributed by atoms with E-state index in [0.29, 0.717) is 18.0 Å². The molecular formula is C19H23ClN2O. The zero-order valence-electron chi connectivity index (χ0n) is 13.3. The summed E-state index contributed by atoms with van der Waals surface area (Å²) >= 11 is 0. The number of aryl methyl sites for hydroxylation is 2. The Kier molecular flexibility index (Phi) is 5.67. The van der Waals surface area contributed by atoms with Crippen LogP contribution in [-0.2, 0) is 17.6 Å². The minimum Gasteiger partial charge on any atom is -0.399 e. The molecule has 1 aliphatic carbocycles. The normalized spacial score (nSPS) is 16.1. The van der Waals surface area contributed by atoms with Crippen molar-refractivity contribution in [1.29, 1.82) is 0 Å². The maximum atomic E-state index is 12.3. The molecule has 0 aliphatic heterocycles. The van der Waals surface area contributed by atoms with E-state index in [1.54, 1.807) is 0 Å². The molecule has 0 fully saturated rings. The Labute approximate surface area is 143 Å².